The van der Waals surface area contributed by atoms with Crippen molar-refractivity contribution in [1.82, 2.24) is 21.3 Å². The van der Waals surface area contributed by atoms with Gasteiger partial charge in [0.05, 0.1) is 69.5 Å². The number of hydrogen-bond donors (Lipinski definition) is 23. The largest absolute Gasteiger partial charge is 0.477 e. The van der Waals surface area contributed by atoms with Crippen molar-refractivity contribution in [2.75, 3.05) is 33.0 Å². The number of ether oxygens (including phenoxy) is 9. The molecule has 28 atom stereocenters. The summed E-state index contributed by atoms with van der Waals surface area (Å²) >= 11 is 0. The maximum absolute atomic E-state index is 13.5. The third-order valence-electron chi connectivity index (χ3n) is 14.9. The van der Waals surface area contributed by atoms with Gasteiger partial charge in [0.25, 0.3) is 17.4 Å². The maximum atomic E-state index is 13.5. The van der Waals surface area contributed by atoms with E-state index in [4.69, 9.17) is 42.6 Å². The predicted molar refractivity (Wildman–Crippen MR) is 265 cm³/mol. The molecule has 0 aromatic rings. The summed E-state index contributed by atoms with van der Waals surface area (Å²) in [6, 6.07) is -7.33. The Kier molecular flexibility index (Phi) is 24.9. The predicted octanol–water partition coefficient (Wildman–Crippen LogP) is -13.7. The zero-order valence-corrected chi connectivity index (χ0v) is 46.1. The first-order chi connectivity index (χ1) is 40.1. The van der Waals surface area contributed by atoms with Gasteiger partial charge >= 0.3 is 17.9 Å². The molecule has 5 aliphatic rings. The summed E-state index contributed by atoms with van der Waals surface area (Å²) in [6.07, 6.45) is -51.4. The molecule has 5 aliphatic heterocycles. The van der Waals surface area contributed by atoms with Gasteiger partial charge in [-0.1, -0.05) is 0 Å². The van der Waals surface area contributed by atoms with Gasteiger partial charge in [-0.3, -0.25) is 19.2 Å². The highest BCUT2D eigenvalue weighted by Crippen LogP contribution is 2.41. The average Bonchev–Trinajstić information content (AvgIpc) is 0.832. The fourth-order valence-electron chi connectivity index (χ4n) is 10.6. The van der Waals surface area contributed by atoms with Crippen molar-refractivity contribution in [2.24, 2.45) is 0 Å². The summed E-state index contributed by atoms with van der Waals surface area (Å²) in [5, 5.41) is 215. The van der Waals surface area contributed by atoms with E-state index in [0.29, 0.717) is 0 Å². The van der Waals surface area contributed by atoms with Gasteiger partial charge in [0.2, 0.25) is 23.6 Å². The summed E-state index contributed by atoms with van der Waals surface area (Å²) < 4.78 is 50.8. The highest BCUT2D eigenvalue weighted by molar-refractivity contribution is 5.78. The molecule has 0 unspecified atom stereocenters. The van der Waals surface area contributed by atoms with Crippen molar-refractivity contribution < 1.29 is 173 Å². The number of carboxylic acid groups (broad SMARTS) is 3. The molecule has 494 valence electrons. The van der Waals surface area contributed by atoms with Crippen LogP contribution >= 0.6 is 0 Å². The van der Waals surface area contributed by atoms with Crippen molar-refractivity contribution in [2.45, 2.75) is 217 Å². The Morgan fingerprint density at radius 2 is 0.895 bits per heavy atom. The van der Waals surface area contributed by atoms with Gasteiger partial charge in [0.15, 0.2) is 12.6 Å². The van der Waals surface area contributed by atoms with E-state index in [1.807, 2.05) is 0 Å². The first kappa shape index (κ1) is 72.0. The van der Waals surface area contributed by atoms with E-state index in [1.54, 1.807) is 0 Å². The van der Waals surface area contributed by atoms with Crippen molar-refractivity contribution >= 4 is 41.5 Å². The standard InChI is InChI=1S/C47H76N4O35/c1-13(56)48-25-17(60)5-45(42(72)73,83-36(25)29(65)20(63)8-52)78-12-24-33(69)35(28(40(71)79-24)51-16(4)59)81-41-34(70)39(31(67)22(10-54)80-41)86-47(44(76)77)7-19(62)27(50-15(3)58)38(85-47)32(68)23(11-55)82-46(43(74)75)6-18(61)26(49-14(2)57)37(84-46)30(66)21(64)9-53/h17-41,52-55,60-71H,5-12H2,1-4H3,(H,48,56)(H,49,57)(H,50,58)(H,51,59)(H,72,73)(H,74,75)(H,76,77)/t17-,18-,19-,20+,21+,22+,23+,24+,25+,26+,27+,28+,29+,30+,31-,32+,33-,34+,35+,36+,37+,38+,39-,40+,41-,45+,46+,47-/m0/s1. The molecular formula is C47H76N4O35. The Hall–Kier alpha value is -4.71. The van der Waals surface area contributed by atoms with Gasteiger partial charge in [-0.25, -0.2) is 14.4 Å². The zero-order valence-electron chi connectivity index (χ0n) is 46.1. The van der Waals surface area contributed by atoms with Crippen molar-refractivity contribution in [1.29, 1.82) is 0 Å². The number of carbonyl (C=O) groups is 7. The van der Waals surface area contributed by atoms with Crippen LogP contribution in [0.4, 0.5) is 0 Å². The Bertz CT molecular complexity index is 2350. The van der Waals surface area contributed by atoms with Crippen LogP contribution in [-0.2, 0) is 76.2 Å². The van der Waals surface area contributed by atoms with E-state index in [0.717, 1.165) is 27.7 Å². The van der Waals surface area contributed by atoms with Gasteiger partial charge in [0, 0.05) is 47.0 Å². The highest BCUT2D eigenvalue weighted by Gasteiger charge is 2.63. The molecule has 39 heteroatoms. The van der Waals surface area contributed by atoms with Crippen LogP contribution in [0.3, 0.4) is 0 Å². The van der Waals surface area contributed by atoms with Crippen LogP contribution in [0, 0.1) is 0 Å². The molecule has 0 aliphatic carbocycles. The number of aliphatic carboxylic acids is 3. The number of amides is 4. The lowest BCUT2D eigenvalue weighted by Gasteiger charge is -2.51. The molecule has 4 amide bonds. The molecule has 0 spiro atoms. The zero-order chi connectivity index (χ0) is 64.8. The number of nitrogens with one attached hydrogen (secondary N) is 4. The quantitative estimate of drug-likeness (QED) is 0.0382. The van der Waals surface area contributed by atoms with Crippen LogP contribution in [0.25, 0.3) is 0 Å². The third kappa shape index (κ3) is 15.8. The first-order valence-electron chi connectivity index (χ1n) is 26.5. The molecule has 0 aromatic heterocycles. The number of aliphatic hydroxyl groups is 16. The molecule has 39 nitrogen and oxygen atoms in total. The van der Waals surface area contributed by atoms with E-state index in [1.165, 1.54) is 0 Å². The van der Waals surface area contributed by atoms with E-state index >= 15 is 0 Å². The fraction of sp³-hybridized carbons (Fsp3) is 0.851. The molecule has 5 saturated heterocycles. The smallest absolute Gasteiger partial charge is 0.364 e. The van der Waals surface area contributed by atoms with Crippen LogP contribution in [0.5, 0.6) is 0 Å². The van der Waals surface area contributed by atoms with Gasteiger partial charge in [-0.2, -0.15) is 0 Å². The summed E-state index contributed by atoms with van der Waals surface area (Å²) in [4.78, 5) is 88.6. The lowest BCUT2D eigenvalue weighted by molar-refractivity contribution is -0.384. The van der Waals surface area contributed by atoms with Gasteiger partial charge in [-0.15, -0.1) is 0 Å². The minimum Gasteiger partial charge on any atom is -0.477 e. The number of hydrogen-bond acceptors (Lipinski definition) is 32. The number of rotatable bonds is 26. The second-order valence-corrected chi connectivity index (χ2v) is 21.2. The van der Waals surface area contributed by atoms with Crippen LogP contribution in [0.1, 0.15) is 47.0 Å². The van der Waals surface area contributed by atoms with E-state index in [9.17, 15) is 131 Å². The molecule has 5 fully saturated rings. The lowest BCUT2D eigenvalue weighted by Crippen LogP contribution is -2.72. The van der Waals surface area contributed by atoms with Crippen molar-refractivity contribution in [3.8, 4) is 0 Å². The van der Waals surface area contributed by atoms with Gasteiger partial charge in [-0.05, 0) is 0 Å². The minimum absolute atomic E-state index is 0.830. The molecule has 5 rings (SSSR count). The number of aliphatic hydroxyl groups excluding tert-OH is 16. The van der Waals surface area contributed by atoms with Crippen LogP contribution < -0.4 is 21.3 Å². The molecule has 23 N–H and O–H groups in total. The summed E-state index contributed by atoms with van der Waals surface area (Å²) in [7, 11) is 0. The SMILES string of the molecule is CC(=O)N[C@@H]1[C@@H](O[C@@H]2O[C@H](CO)[C@H](O)[C@H](O[C@]3(C(=O)O)C[C@H](O)[C@@H](NC(C)=O)[C@H]([C@H](O)[C@@H](CO)O[C@]4(C(=O)O)C[C@H](O)[C@@H](NC(C)=O)[C@H]([C@H](O)[C@H](O)CO)O4)O3)[C@H]2O)[C@@H](O)[C@@H](CO[C@]2(C(=O)O)C[C@H](O)[C@@H](NC(C)=O)[C@H]([C@H](O)[C@H](O)CO)O2)O[C@H]1O. The topological polar surface area (TPSA) is 635 Å². The first-order valence-corrected chi connectivity index (χ1v) is 26.5. The summed E-state index contributed by atoms with van der Waals surface area (Å²) in [5.41, 5.74) is 0. The van der Waals surface area contributed by atoms with Crippen molar-refractivity contribution in [3.63, 3.8) is 0 Å². The Morgan fingerprint density at radius 1 is 0.500 bits per heavy atom. The molecule has 0 saturated carbocycles. The fourth-order valence-corrected chi connectivity index (χ4v) is 10.6. The molecule has 0 bridgehead atoms. The van der Waals surface area contributed by atoms with Crippen LogP contribution in [-0.4, -0.2) is 342 Å². The van der Waals surface area contributed by atoms with Crippen LogP contribution in [0.2, 0.25) is 0 Å². The second kappa shape index (κ2) is 29.7. The van der Waals surface area contributed by atoms with E-state index < -0.39 is 264 Å². The Morgan fingerprint density at radius 3 is 1.31 bits per heavy atom. The van der Waals surface area contributed by atoms with Crippen LogP contribution in [0.15, 0.2) is 0 Å². The average molecular weight is 1260 g/mol. The number of carbonyl (C=O) groups excluding carboxylic acids is 4. The monoisotopic (exact) mass is 1260 g/mol. The maximum Gasteiger partial charge on any atom is 0.364 e. The molecule has 86 heavy (non-hydrogen) atoms. The van der Waals surface area contributed by atoms with Gasteiger partial charge in [0.1, 0.15) is 104 Å². The van der Waals surface area contributed by atoms with Gasteiger partial charge < -0.3 is 161 Å². The van der Waals surface area contributed by atoms with E-state index in [2.05, 4.69) is 21.3 Å². The Balaban J connectivity index is 1.48. The third-order valence-corrected chi connectivity index (χ3v) is 14.9. The Labute approximate surface area is 485 Å². The summed E-state index contributed by atoms with van der Waals surface area (Å²) in [6.45, 7) is -2.62. The van der Waals surface area contributed by atoms with Crippen molar-refractivity contribution in [3.05, 3.63) is 0 Å². The second-order valence-electron chi connectivity index (χ2n) is 21.2. The molecule has 0 aromatic carbocycles. The lowest BCUT2D eigenvalue weighted by atomic mass is 9.87. The minimum atomic E-state index is -3.50. The molecule has 5 heterocycles. The normalized spacial score (nSPS) is 40.6. The molecule has 0 radical (unpaired) electrons. The summed E-state index contributed by atoms with van der Waals surface area (Å²) in [5.74, 6) is -20.1. The van der Waals surface area contributed by atoms with E-state index in [-0.39, 0.29) is 0 Å². The molecular weight excluding hydrogens is 1180 g/mol. The number of carboxylic acids is 3. The highest BCUT2D eigenvalue weighted by atomic mass is 16.8.